The summed E-state index contributed by atoms with van der Waals surface area (Å²) in [6.07, 6.45) is 2.88. The minimum atomic E-state index is -0.172. The largest absolute Gasteiger partial charge is 0.361 e. The third-order valence-corrected chi connectivity index (χ3v) is 3.58. The van der Waals surface area contributed by atoms with Crippen LogP contribution in [0.2, 0.25) is 0 Å². The molecular weight excluding hydrogens is 263 g/mol. The van der Waals surface area contributed by atoms with Crippen LogP contribution in [0.15, 0.2) is 30.9 Å². The van der Waals surface area contributed by atoms with Gasteiger partial charge in [-0.25, -0.2) is 4.39 Å². The van der Waals surface area contributed by atoms with E-state index in [-0.39, 0.29) is 17.4 Å². The Morgan fingerprint density at radius 2 is 2.05 bits per heavy atom. The fourth-order valence-electron chi connectivity index (χ4n) is 2.35. The molecule has 0 fully saturated rings. The SMILES string of the molecule is C=CCN(c1ccc(C(C)NCCC)cc1F)C(C)(C)C. The number of hydrogen-bond acceptors (Lipinski definition) is 2. The first-order valence-electron chi connectivity index (χ1n) is 7.72. The molecule has 1 N–H and O–H groups in total. The van der Waals surface area contributed by atoms with E-state index in [1.165, 1.54) is 0 Å². The van der Waals surface area contributed by atoms with Gasteiger partial charge in [0, 0.05) is 18.1 Å². The summed E-state index contributed by atoms with van der Waals surface area (Å²) in [5.41, 5.74) is 1.47. The Morgan fingerprint density at radius 3 is 2.52 bits per heavy atom. The van der Waals surface area contributed by atoms with Gasteiger partial charge in [0.2, 0.25) is 0 Å². The molecule has 1 unspecified atom stereocenters. The van der Waals surface area contributed by atoms with E-state index in [2.05, 4.69) is 46.5 Å². The Kier molecular flexibility index (Phi) is 6.41. The van der Waals surface area contributed by atoms with E-state index in [9.17, 15) is 4.39 Å². The van der Waals surface area contributed by atoms with E-state index in [1.54, 1.807) is 6.07 Å². The van der Waals surface area contributed by atoms with Gasteiger partial charge in [0.05, 0.1) is 5.69 Å². The van der Waals surface area contributed by atoms with Crippen molar-refractivity contribution in [3.63, 3.8) is 0 Å². The molecule has 0 heterocycles. The molecule has 0 aliphatic rings. The molecule has 0 saturated heterocycles. The molecule has 1 rings (SSSR count). The van der Waals surface area contributed by atoms with E-state index in [1.807, 2.05) is 23.1 Å². The average molecular weight is 292 g/mol. The molecule has 118 valence electrons. The highest BCUT2D eigenvalue weighted by Gasteiger charge is 2.23. The Morgan fingerprint density at radius 1 is 1.38 bits per heavy atom. The van der Waals surface area contributed by atoms with Gasteiger partial charge in [-0.05, 0) is 58.4 Å². The summed E-state index contributed by atoms with van der Waals surface area (Å²) >= 11 is 0. The highest BCUT2D eigenvalue weighted by atomic mass is 19.1. The second-order valence-corrected chi connectivity index (χ2v) is 6.46. The zero-order valence-corrected chi connectivity index (χ0v) is 14.0. The summed E-state index contributed by atoms with van der Waals surface area (Å²) < 4.78 is 14.5. The maximum absolute atomic E-state index is 14.5. The summed E-state index contributed by atoms with van der Waals surface area (Å²) in [6, 6.07) is 5.69. The van der Waals surface area contributed by atoms with E-state index in [0.29, 0.717) is 12.2 Å². The average Bonchev–Trinajstić information content (AvgIpc) is 2.41. The first-order valence-corrected chi connectivity index (χ1v) is 7.72. The maximum atomic E-state index is 14.5. The van der Waals surface area contributed by atoms with Crippen molar-refractivity contribution >= 4 is 5.69 Å². The second-order valence-electron chi connectivity index (χ2n) is 6.46. The molecule has 0 aromatic heterocycles. The van der Waals surface area contributed by atoms with Crippen LogP contribution in [0.5, 0.6) is 0 Å². The Hall–Kier alpha value is -1.35. The van der Waals surface area contributed by atoms with Crippen molar-refractivity contribution in [2.45, 2.75) is 52.6 Å². The molecule has 0 aliphatic carbocycles. The number of benzene rings is 1. The van der Waals surface area contributed by atoms with E-state index in [4.69, 9.17) is 0 Å². The van der Waals surface area contributed by atoms with Crippen molar-refractivity contribution in [3.8, 4) is 0 Å². The van der Waals surface area contributed by atoms with Crippen LogP contribution in [0.25, 0.3) is 0 Å². The van der Waals surface area contributed by atoms with Crippen LogP contribution in [-0.2, 0) is 0 Å². The van der Waals surface area contributed by atoms with Crippen molar-refractivity contribution in [2.75, 3.05) is 18.0 Å². The Balaban J connectivity index is 3.03. The molecule has 0 saturated carbocycles. The van der Waals surface area contributed by atoms with E-state index in [0.717, 1.165) is 18.5 Å². The van der Waals surface area contributed by atoms with Gasteiger partial charge in [0.25, 0.3) is 0 Å². The first kappa shape index (κ1) is 17.7. The van der Waals surface area contributed by atoms with Crippen molar-refractivity contribution < 1.29 is 4.39 Å². The number of halogens is 1. The molecule has 0 bridgehead atoms. The van der Waals surface area contributed by atoms with Gasteiger partial charge in [-0.1, -0.05) is 19.1 Å². The number of nitrogens with one attached hydrogen (secondary N) is 1. The monoisotopic (exact) mass is 292 g/mol. The van der Waals surface area contributed by atoms with Gasteiger partial charge in [0.1, 0.15) is 5.82 Å². The molecule has 0 radical (unpaired) electrons. The zero-order chi connectivity index (χ0) is 16.0. The molecule has 1 aromatic carbocycles. The van der Waals surface area contributed by atoms with Crippen molar-refractivity contribution in [1.82, 2.24) is 5.32 Å². The van der Waals surface area contributed by atoms with Gasteiger partial charge >= 0.3 is 0 Å². The number of anilines is 1. The standard InChI is InChI=1S/C18H29FN2/c1-7-11-20-14(3)15-9-10-17(16(19)13-15)21(12-8-2)18(4,5)6/h8-10,13-14,20H,2,7,11-12H2,1,3-6H3. The smallest absolute Gasteiger partial charge is 0.146 e. The normalized spacial score (nSPS) is 13.0. The zero-order valence-electron chi connectivity index (χ0n) is 14.0. The molecule has 21 heavy (non-hydrogen) atoms. The van der Waals surface area contributed by atoms with Crippen molar-refractivity contribution in [3.05, 3.63) is 42.2 Å². The van der Waals surface area contributed by atoms with Gasteiger partial charge in [-0.2, -0.15) is 0 Å². The number of hydrogen-bond donors (Lipinski definition) is 1. The van der Waals surface area contributed by atoms with Crippen LogP contribution in [0.4, 0.5) is 10.1 Å². The number of rotatable bonds is 7. The topological polar surface area (TPSA) is 15.3 Å². The lowest BCUT2D eigenvalue weighted by molar-refractivity contribution is 0.505. The Bertz CT molecular complexity index is 463. The highest BCUT2D eigenvalue weighted by molar-refractivity contribution is 5.52. The van der Waals surface area contributed by atoms with Crippen LogP contribution >= 0.6 is 0 Å². The second kappa shape index (κ2) is 7.60. The van der Waals surface area contributed by atoms with Gasteiger partial charge < -0.3 is 10.2 Å². The molecular formula is C18H29FN2. The van der Waals surface area contributed by atoms with Crippen LogP contribution in [-0.4, -0.2) is 18.6 Å². The predicted molar refractivity (Wildman–Crippen MR) is 90.4 cm³/mol. The summed E-state index contributed by atoms with van der Waals surface area (Å²) in [5.74, 6) is -0.172. The summed E-state index contributed by atoms with van der Waals surface area (Å²) in [7, 11) is 0. The lowest BCUT2D eigenvalue weighted by Crippen LogP contribution is -2.42. The van der Waals surface area contributed by atoms with Gasteiger partial charge in [-0.15, -0.1) is 6.58 Å². The number of nitrogens with zero attached hydrogens (tertiary/aromatic N) is 1. The quantitative estimate of drug-likeness (QED) is 0.734. The first-order chi connectivity index (χ1) is 9.81. The predicted octanol–water partition coefficient (Wildman–Crippen LogP) is 4.68. The highest BCUT2D eigenvalue weighted by Crippen LogP contribution is 2.28. The van der Waals surface area contributed by atoms with E-state index < -0.39 is 0 Å². The Labute approximate surface area is 129 Å². The summed E-state index contributed by atoms with van der Waals surface area (Å²) in [5, 5.41) is 3.38. The molecule has 0 spiro atoms. The van der Waals surface area contributed by atoms with Crippen LogP contribution in [0.3, 0.4) is 0 Å². The van der Waals surface area contributed by atoms with Gasteiger partial charge in [-0.3, -0.25) is 0 Å². The summed E-state index contributed by atoms with van der Waals surface area (Å²) in [6.45, 7) is 15.8. The molecule has 2 nitrogen and oxygen atoms in total. The lowest BCUT2D eigenvalue weighted by atomic mass is 10.0. The fourth-order valence-corrected chi connectivity index (χ4v) is 2.35. The van der Waals surface area contributed by atoms with Crippen molar-refractivity contribution in [1.29, 1.82) is 0 Å². The third-order valence-electron chi connectivity index (χ3n) is 3.58. The minimum Gasteiger partial charge on any atom is -0.361 e. The minimum absolute atomic E-state index is 0.150. The third kappa shape index (κ3) is 4.85. The molecule has 1 aromatic rings. The van der Waals surface area contributed by atoms with Gasteiger partial charge in [0.15, 0.2) is 0 Å². The molecule has 1 atom stereocenters. The molecule has 0 amide bonds. The summed E-state index contributed by atoms with van der Waals surface area (Å²) in [4.78, 5) is 2.03. The fraction of sp³-hybridized carbons (Fsp3) is 0.556. The van der Waals surface area contributed by atoms with Crippen LogP contribution in [0, 0.1) is 5.82 Å². The maximum Gasteiger partial charge on any atom is 0.146 e. The molecule has 3 heteroatoms. The van der Waals surface area contributed by atoms with Crippen LogP contribution < -0.4 is 10.2 Å². The van der Waals surface area contributed by atoms with Crippen molar-refractivity contribution in [2.24, 2.45) is 0 Å². The molecule has 0 aliphatic heterocycles. The van der Waals surface area contributed by atoms with E-state index >= 15 is 0 Å². The lowest BCUT2D eigenvalue weighted by Gasteiger charge is -2.37. The van der Waals surface area contributed by atoms with Crippen LogP contribution in [0.1, 0.15) is 52.6 Å².